The summed E-state index contributed by atoms with van der Waals surface area (Å²) in [7, 11) is 0. The van der Waals surface area contributed by atoms with Gasteiger partial charge in [0.2, 0.25) is 0 Å². The summed E-state index contributed by atoms with van der Waals surface area (Å²) < 4.78 is 0.978. The number of nitrogens with one attached hydrogen (secondary N) is 1. The van der Waals surface area contributed by atoms with Crippen LogP contribution in [0.3, 0.4) is 0 Å². The molecule has 1 nitrogen and oxygen atoms in total. The largest absolute Gasteiger partial charge is 0.378 e. The molecule has 0 amide bonds. The van der Waals surface area contributed by atoms with Crippen LogP contribution in [-0.2, 0) is 0 Å². The highest BCUT2D eigenvalue weighted by Crippen LogP contribution is 2.29. The van der Waals surface area contributed by atoms with Gasteiger partial charge in [-0.25, -0.2) is 0 Å². The van der Waals surface area contributed by atoms with Crippen LogP contribution in [0.15, 0.2) is 46.9 Å². The van der Waals surface area contributed by atoms with Crippen molar-refractivity contribution in [1.82, 2.24) is 0 Å². The number of hydrogen-bond acceptors (Lipinski definition) is 1. The smallest absolute Gasteiger partial charge is 0.0500 e. The second-order valence-electron chi connectivity index (χ2n) is 4.04. The maximum atomic E-state index is 6.23. The Morgan fingerprint density at radius 2 is 1.89 bits per heavy atom. The fourth-order valence-electron chi connectivity index (χ4n) is 1.76. The Labute approximate surface area is 125 Å². The van der Waals surface area contributed by atoms with Crippen LogP contribution in [0.25, 0.3) is 0 Å². The minimum Gasteiger partial charge on any atom is -0.378 e. The van der Waals surface area contributed by atoms with E-state index < -0.39 is 0 Å². The van der Waals surface area contributed by atoms with Crippen LogP contribution in [0, 0.1) is 0 Å². The molecule has 4 heteroatoms. The molecule has 0 bridgehead atoms. The number of benzene rings is 2. The molecular formula is C14H12BrCl2N. The van der Waals surface area contributed by atoms with E-state index in [2.05, 4.69) is 28.2 Å². The van der Waals surface area contributed by atoms with Crippen molar-refractivity contribution in [3.63, 3.8) is 0 Å². The van der Waals surface area contributed by atoms with Gasteiger partial charge in [0.15, 0.2) is 0 Å². The monoisotopic (exact) mass is 343 g/mol. The maximum absolute atomic E-state index is 6.23. The molecule has 0 saturated heterocycles. The highest BCUT2D eigenvalue weighted by atomic mass is 79.9. The van der Waals surface area contributed by atoms with Crippen molar-refractivity contribution in [3.05, 3.63) is 62.5 Å². The molecule has 18 heavy (non-hydrogen) atoms. The summed E-state index contributed by atoms with van der Waals surface area (Å²) in [5.74, 6) is 0. The first-order chi connectivity index (χ1) is 8.56. The third-order valence-corrected chi connectivity index (χ3v) is 3.69. The molecule has 0 radical (unpaired) electrons. The van der Waals surface area contributed by atoms with E-state index in [9.17, 15) is 0 Å². The Balaban J connectivity index is 2.19. The highest BCUT2D eigenvalue weighted by Gasteiger charge is 2.09. The number of hydrogen-bond donors (Lipinski definition) is 1. The Kier molecular flexibility index (Phi) is 4.55. The van der Waals surface area contributed by atoms with Gasteiger partial charge in [-0.2, -0.15) is 0 Å². The average Bonchev–Trinajstić information content (AvgIpc) is 2.28. The van der Waals surface area contributed by atoms with Gasteiger partial charge in [0.25, 0.3) is 0 Å². The van der Waals surface area contributed by atoms with Crippen LogP contribution in [0.1, 0.15) is 18.5 Å². The van der Waals surface area contributed by atoms with Gasteiger partial charge in [-0.05, 0) is 42.8 Å². The number of anilines is 1. The predicted molar refractivity (Wildman–Crippen MR) is 82.6 cm³/mol. The van der Waals surface area contributed by atoms with Crippen molar-refractivity contribution in [2.24, 2.45) is 0 Å². The van der Waals surface area contributed by atoms with Gasteiger partial charge in [-0.1, -0.05) is 51.3 Å². The molecule has 0 spiro atoms. The van der Waals surface area contributed by atoms with Gasteiger partial charge in [-0.3, -0.25) is 0 Å². The van der Waals surface area contributed by atoms with Gasteiger partial charge in [0, 0.05) is 26.2 Å². The molecule has 0 saturated carbocycles. The molecule has 0 aliphatic carbocycles. The molecular weight excluding hydrogens is 333 g/mol. The van der Waals surface area contributed by atoms with Gasteiger partial charge in [0.05, 0.1) is 0 Å². The molecule has 2 rings (SSSR count). The molecule has 1 unspecified atom stereocenters. The summed E-state index contributed by atoms with van der Waals surface area (Å²) in [5.41, 5.74) is 2.04. The molecule has 2 aromatic carbocycles. The van der Waals surface area contributed by atoms with Crippen molar-refractivity contribution in [2.45, 2.75) is 13.0 Å². The molecule has 0 aromatic heterocycles. The Bertz CT molecular complexity index is 557. The standard InChI is InChI=1S/C14H12BrCl2N/c1-9(13-6-5-10(15)7-14(13)17)18-12-4-2-3-11(16)8-12/h2-9,18H,1H3. The van der Waals surface area contributed by atoms with Gasteiger partial charge in [0.1, 0.15) is 0 Å². The minimum absolute atomic E-state index is 0.115. The molecule has 1 N–H and O–H groups in total. The average molecular weight is 345 g/mol. The van der Waals surface area contributed by atoms with Crippen LogP contribution in [0.5, 0.6) is 0 Å². The lowest BCUT2D eigenvalue weighted by atomic mass is 10.1. The molecule has 2 aromatic rings. The quantitative estimate of drug-likeness (QED) is 0.727. The topological polar surface area (TPSA) is 12.0 Å². The lowest BCUT2D eigenvalue weighted by molar-refractivity contribution is 0.885. The normalized spacial score (nSPS) is 12.2. The van der Waals surface area contributed by atoms with E-state index in [1.165, 1.54) is 0 Å². The van der Waals surface area contributed by atoms with E-state index in [0.717, 1.165) is 20.7 Å². The molecule has 94 valence electrons. The Morgan fingerprint density at radius 1 is 1.11 bits per heavy atom. The van der Waals surface area contributed by atoms with Crippen LogP contribution in [0.2, 0.25) is 10.0 Å². The number of rotatable bonds is 3. The fraction of sp³-hybridized carbons (Fsp3) is 0.143. The lowest BCUT2D eigenvalue weighted by Gasteiger charge is -2.17. The zero-order valence-corrected chi connectivity index (χ0v) is 12.9. The van der Waals surface area contributed by atoms with Crippen molar-refractivity contribution < 1.29 is 0 Å². The number of halogens is 3. The first kappa shape index (κ1) is 13.7. The van der Waals surface area contributed by atoms with E-state index in [1.54, 1.807) is 0 Å². The SMILES string of the molecule is CC(Nc1cccc(Cl)c1)c1ccc(Br)cc1Cl. The van der Waals surface area contributed by atoms with E-state index in [-0.39, 0.29) is 6.04 Å². The Hall–Kier alpha value is -0.700. The maximum Gasteiger partial charge on any atom is 0.0500 e. The second-order valence-corrected chi connectivity index (χ2v) is 5.80. The van der Waals surface area contributed by atoms with Crippen LogP contribution >= 0.6 is 39.1 Å². The van der Waals surface area contributed by atoms with Crippen LogP contribution in [-0.4, -0.2) is 0 Å². The summed E-state index contributed by atoms with van der Waals surface area (Å²) in [5, 5.41) is 4.83. The van der Waals surface area contributed by atoms with Gasteiger partial charge < -0.3 is 5.32 Å². The van der Waals surface area contributed by atoms with Gasteiger partial charge >= 0.3 is 0 Å². The predicted octanol–water partition coefficient (Wildman–Crippen LogP) is 5.93. The summed E-state index contributed by atoms with van der Waals surface area (Å²) in [4.78, 5) is 0. The molecule has 0 aliphatic heterocycles. The first-order valence-electron chi connectivity index (χ1n) is 5.53. The first-order valence-corrected chi connectivity index (χ1v) is 7.08. The second kappa shape index (κ2) is 5.96. The lowest BCUT2D eigenvalue weighted by Crippen LogP contribution is -2.07. The van der Waals surface area contributed by atoms with E-state index in [4.69, 9.17) is 23.2 Å². The molecule has 1 atom stereocenters. The minimum atomic E-state index is 0.115. The molecule has 0 fully saturated rings. The third kappa shape index (κ3) is 3.41. The van der Waals surface area contributed by atoms with Crippen molar-refractivity contribution in [3.8, 4) is 0 Å². The van der Waals surface area contributed by atoms with E-state index >= 15 is 0 Å². The van der Waals surface area contributed by atoms with Crippen molar-refractivity contribution in [1.29, 1.82) is 0 Å². The molecule has 0 heterocycles. The summed E-state index contributed by atoms with van der Waals surface area (Å²) in [6.07, 6.45) is 0. The highest BCUT2D eigenvalue weighted by molar-refractivity contribution is 9.10. The fourth-order valence-corrected chi connectivity index (χ4v) is 2.79. The summed E-state index contributed by atoms with van der Waals surface area (Å²) in [6, 6.07) is 13.6. The van der Waals surface area contributed by atoms with Gasteiger partial charge in [-0.15, -0.1) is 0 Å². The van der Waals surface area contributed by atoms with Crippen LogP contribution < -0.4 is 5.32 Å². The van der Waals surface area contributed by atoms with Crippen molar-refractivity contribution >= 4 is 44.8 Å². The third-order valence-electron chi connectivity index (χ3n) is 2.64. The van der Waals surface area contributed by atoms with E-state index in [1.807, 2.05) is 42.5 Å². The zero-order chi connectivity index (χ0) is 13.1. The van der Waals surface area contributed by atoms with Crippen LogP contribution in [0.4, 0.5) is 5.69 Å². The van der Waals surface area contributed by atoms with E-state index in [0.29, 0.717) is 5.02 Å². The zero-order valence-electron chi connectivity index (χ0n) is 9.75. The van der Waals surface area contributed by atoms with Crippen molar-refractivity contribution in [2.75, 3.05) is 5.32 Å². The summed E-state index contributed by atoms with van der Waals surface area (Å²) >= 11 is 15.6. The molecule has 0 aliphatic rings. The summed E-state index contributed by atoms with van der Waals surface area (Å²) in [6.45, 7) is 2.07. The Morgan fingerprint density at radius 3 is 2.56 bits per heavy atom.